The minimum absolute atomic E-state index is 0.0275. The van der Waals surface area contributed by atoms with Gasteiger partial charge in [-0.15, -0.1) is 0 Å². The molecule has 0 N–H and O–H groups in total. The van der Waals surface area contributed by atoms with E-state index in [-0.39, 0.29) is 19.0 Å². The Morgan fingerprint density at radius 3 is 2.42 bits per heavy atom. The second kappa shape index (κ2) is 3.29. The van der Waals surface area contributed by atoms with Crippen LogP contribution >= 0.6 is 0 Å². The lowest BCUT2D eigenvalue weighted by Crippen LogP contribution is -2.32. The number of hydrogen-bond donors (Lipinski definition) is 0. The number of likely N-dealkylation sites (tertiary alicyclic amines) is 1. The van der Waals surface area contributed by atoms with Gasteiger partial charge < -0.3 is 0 Å². The number of hydrogen-bond acceptors (Lipinski definition) is 1. The predicted molar refractivity (Wildman–Crippen MR) is 45.4 cm³/mol. The van der Waals surface area contributed by atoms with Gasteiger partial charge in [-0.2, -0.15) is 0 Å². The molecular formula is C9H17F2N. The molecule has 0 saturated carbocycles. The average molecular weight is 177 g/mol. The van der Waals surface area contributed by atoms with Crippen LogP contribution in [0.1, 0.15) is 27.2 Å². The van der Waals surface area contributed by atoms with Crippen molar-refractivity contribution in [3.63, 3.8) is 0 Å². The topological polar surface area (TPSA) is 3.24 Å². The summed E-state index contributed by atoms with van der Waals surface area (Å²) in [6.07, 6.45) is 0.0275. The molecule has 1 aliphatic rings. The molecule has 0 aromatic rings. The van der Waals surface area contributed by atoms with Crippen LogP contribution in [-0.2, 0) is 0 Å². The van der Waals surface area contributed by atoms with E-state index in [1.165, 1.54) is 0 Å². The van der Waals surface area contributed by atoms with Gasteiger partial charge in [-0.3, -0.25) is 4.90 Å². The summed E-state index contributed by atoms with van der Waals surface area (Å²) < 4.78 is 25.7. The Bertz CT molecular complexity index is 157. The maximum Gasteiger partial charge on any atom is 0.262 e. The number of halogens is 2. The standard InChI is InChI=1S/C9H17F2N/c1-7(2)5-12-6-9(10,11)4-8(12)3/h7-8H,4-6H2,1-3H3/t8-/m1/s1. The van der Waals surface area contributed by atoms with Gasteiger partial charge in [-0.05, 0) is 12.8 Å². The lowest BCUT2D eigenvalue weighted by Gasteiger charge is -2.22. The molecule has 0 aromatic carbocycles. The van der Waals surface area contributed by atoms with Crippen molar-refractivity contribution in [2.45, 2.75) is 39.2 Å². The van der Waals surface area contributed by atoms with Gasteiger partial charge in [0.15, 0.2) is 0 Å². The molecule has 1 saturated heterocycles. The molecule has 0 unspecified atom stereocenters. The molecule has 1 aliphatic heterocycles. The van der Waals surface area contributed by atoms with Gasteiger partial charge >= 0.3 is 0 Å². The van der Waals surface area contributed by atoms with Crippen molar-refractivity contribution in [1.29, 1.82) is 0 Å². The molecule has 0 aliphatic carbocycles. The minimum Gasteiger partial charge on any atom is -0.294 e. The maximum absolute atomic E-state index is 12.9. The average Bonchev–Trinajstić information content (AvgIpc) is 2.03. The first kappa shape index (κ1) is 9.90. The third-order valence-electron chi connectivity index (χ3n) is 2.25. The number of rotatable bonds is 2. The lowest BCUT2D eigenvalue weighted by molar-refractivity contribution is 0.0112. The van der Waals surface area contributed by atoms with Gasteiger partial charge in [0.1, 0.15) is 0 Å². The van der Waals surface area contributed by atoms with Crippen LogP contribution in [-0.4, -0.2) is 30.0 Å². The molecule has 1 rings (SSSR count). The highest BCUT2D eigenvalue weighted by Crippen LogP contribution is 2.31. The molecule has 0 bridgehead atoms. The summed E-state index contributed by atoms with van der Waals surface area (Å²) >= 11 is 0. The van der Waals surface area contributed by atoms with Crippen molar-refractivity contribution in [2.75, 3.05) is 13.1 Å². The van der Waals surface area contributed by atoms with E-state index in [1.807, 2.05) is 11.8 Å². The Kier molecular flexibility index (Phi) is 2.71. The van der Waals surface area contributed by atoms with Crippen LogP contribution in [0, 0.1) is 5.92 Å². The normalized spacial score (nSPS) is 30.0. The van der Waals surface area contributed by atoms with Crippen molar-refractivity contribution in [3.8, 4) is 0 Å². The van der Waals surface area contributed by atoms with Crippen molar-refractivity contribution >= 4 is 0 Å². The van der Waals surface area contributed by atoms with E-state index in [0.29, 0.717) is 5.92 Å². The van der Waals surface area contributed by atoms with Crippen LogP contribution in [0.15, 0.2) is 0 Å². The Morgan fingerprint density at radius 1 is 1.50 bits per heavy atom. The van der Waals surface area contributed by atoms with E-state index in [0.717, 1.165) is 6.54 Å². The third-order valence-corrected chi connectivity index (χ3v) is 2.25. The van der Waals surface area contributed by atoms with Crippen molar-refractivity contribution < 1.29 is 8.78 Å². The van der Waals surface area contributed by atoms with Gasteiger partial charge in [-0.1, -0.05) is 13.8 Å². The van der Waals surface area contributed by atoms with Gasteiger partial charge in [0.25, 0.3) is 5.92 Å². The largest absolute Gasteiger partial charge is 0.294 e. The van der Waals surface area contributed by atoms with Crippen LogP contribution in [0.5, 0.6) is 0 Å². The number of alkyl halides is 2. The van der Waals surface area contributed by atoms with E-state index in [9.17, 15) is 8.78 Å². The Labute approximate surface area is 72.7 Å². The van der Waals surface area contributed by atoms with E-state index in [2.05, 4.69) is 13.8 Å². The van der Waals surface area contributed by atoms with Crippen LogP contribution in [0.25, 0.3) is 0 Å². The first-order chi connectivity index (χ1) is 5.41. The zero-order valence-electron chi connectivity index (χ0n) is 7.98. The quantitative estimate of drug-likeness (QED) is 0.626. The van der Waals surface area contributed by atoms with E-state index < -0.39 is 5.92 Å². The number of nitrogens with zero attached hydrogens (tertiary/aromatic N) is 1. The first-order valence-corrected chi connectivity index (χ1v) is 4.52. The summed E-state index contributed by atoms with van der Waals surface area (Å²) in [5.74, 6) is -1.98. The molecule has 1 fully saturated rings. The summed E-state index contributed by atoms with van der Waals surface area (Å²) in [6.45, 7) is 6.73. The molecule has 1 nitrogen and oxygen atoms in total. The summed E-state index contributed by atoms with van der Waals surface area (Å²) in [5.41, 5.74) is 0. The molecule has 3 heteroatoms. The van der Waals surface area contributed by atoms with Crippen molar-refractivity contribution in [1.82, 2.24) is 4.90 Å². The van der Waals surface area contributed by atoms with Crippen LogP contribution in [0.2, 0.25) is 0 Å². The molecule has 0 spiro atoms. The van der Waals surface area contributed by atoms with Gasteiger partial charge in [0, 0.05) is 19.0 Å². The Balaban J connectivity index is 2.47. The molecule has 1 heterocycles. The van der Waals surface area contributed by atoms with Crippen LogP contribution < -0.4 is 0 Å². The zero-order chi connectivity index (χ0) is 9.35. The molecule has 72 valence electrons. The SMILES string of the molecule is CC(C)CN1CC(F)(F)C[C@H]1C. The molecule has 0 amide bonds. The Hall–Kier alpha value is -0.180. The van der Waals surface area contributed by atoms with Crippen LogP contribution in [0.3, 0.4) is 0 Å². The highest BCUT2D eigenvalue weighted by molar-refractivity contribution is 4.88. The van der Waals surface area contributed by atoms with Crippen molar-refractivity contribution in [3.05, 3.63) is 0 Å². The minimum atomic E-state index is -2.45. The maximum atomic E-state index is 12.9. The second-order valence-corrected chi connectivity index (χ2v) is 4.23. The summed E-state index contributed by atoms with van der Waals surface area (Å²) in [4.78, 5) is 1.88. The van der Waals surface area contributed by atoms with Crippen molar-refractivity contribution in [2.24, 2.45) is 5.92 Å². The van der Waals surface area contributed by atoms with E-state index in [4.69, 9.17) is 0 Å². The Morgan fingerprint density at radius 2 is 2.08 bits per heavy atom. The molecule has 0 radical (unpaired) electrons. The first-order valence-electron chi connectivity index (χ1n) is 4.52. The van der Waals surface area contributed by atoms with Crippen LogP contribution in [0.4, 0.5) is 8.78 Å². The third kappa shape index (κ3) is 2.41. The fourth-order valence-corrected chi connectivity index (χ4v) is 1.79. The monoisotopic (exact) mass is 177 g/mol. The smallest absolute Gasteiger partial charge is 0.262 e. The molecule has 12 heavy (non-hydrogen) atoms. The highest BCUT2D eigenvalue weighted by atomic mass is 19.3. The van der Waals surface area contributed by atoms with Gasteiger partial charge in [0.05, 0.1) is 6.54 Å². The lowest BCUT2D eigenvalue weighted by atomic mass is 10.2. The fourth-order valence-electron chi connectivity index (χ4n) is 1.79. The highest BCUT2D eigenvalue weighted by Gasteiger charge is 2.42. The summed E-state index contributed by atoms with van der Waals surface area (Å²) in [6, 6.07) is 0.0439. The van der Waals surface area contributed by atoms with Gasteiger partial charge in [-0.25, -0.2) is 8.78 Å². The fraction of sp³-hybridized carbons (Fsp3) is 1.00. The van der Waals surface area contributed by atoms with Gasteiger partial charge in [0.2, 0.25) is 0 Å². The molecule has 0 aromatic heterocycles. The summed E-state index contributed by atoms with van der Waals surface area (Å²) in [7, 11) is 0. The van der Waals surface area contributed by atoms with E-state index in [1.54, 1.807) is 0 Å². The second-order valence-electron chi connectivity index (χ2n) is 4.23. The van der Waals surface area contributed by atoms with E-state index >= 15 is 0 Å². The zero-order valence-corrected chi connectivity index (χ0v) is 7.98. The predicted octanol–water partition coefficient (Wildman–Crippen LogP) is 2.37. The summed E-state index contributed by atoms with van der Waals surface area (Å²) in [5, 5.41) is 0. The molecule has 1 atom stereocenters. The molecular weight excluding hydrogens is 160 g/mol.